The number of hydrogen-bond donors (Lipinski definition) is 1. The zero-order chi connectivity index (χ0) is 15.0. The Balaban J connectivity index is 3.03. The van der Waals surface area contributed by atoms with Crippen LogP contribution in [0.2, 0.25) is 0 Å². The van der Waals surface area contributed by atoms with Crippen molar-refractivity contribution in [2.45, 2.75) is 26.8 Å². The van der Waals surface area contributed by atoms with Crippen LogP contribution in [-0.4, -0.2) is 22.8 Å². The number of rotatable bonds is 3. The van der Waals surface area contributed by atoms with Crippen LogP contribution in [0.1, 0.15) is 35.9 Å². The molecule has 2 aromatic rings. The maximum absolute atomic E-state index is 12.4. The van der Waals surface area contributed by atoms with Crippen molar-refractivity contribution in [1.82, 2.24) is 4.57 Å². The molecule has 0 aliphatic heterocycles. The summed E-state index contributed by atoms with van der Waals surface area (Å²) in [7, 11) is 1.51. The first kappa shape index (κ1) is 14.1. The number of aromatic carboxylic acids is 1. The summed E-state index contributed by atoms with van der Waals surface area (Å²) in [6.07, 6.45) is 0. The Labute approximate surface area is 116 Å². The van der Waals surface area contributed by atoms with Gasteiger partial charge in [0.25, 0.3) is 0 Å². The van der Waals surface area contributed by atoms with Crippen LogP contribution in [0.15, 0.2) is 23.0 Å². The normalized spacial score (nSPS) is 11.1. The summed E-state index contributed by atoms with van der Waals surface area (Å²) < 4.78 is 6.97. The van der Waals surface area contributed by atoms with Gasteiger partial charge in [0.2, 0.25) is 5.43 Å². The quantitative estimate of drug-likeness (QED) is 0.934. The molecular weight excluding hydrogens is 258 g/mol. The first-order valence-electron chi connectivity index (χ1n) is 6.34. The summed E-state index contributed by atoms with van der Waals surface area (Å²) in [5.41, 5.74) is 0.531. The fraction of sp³-hybridized carbons (Fsp3) is 0.333. The molecule has 1 aromatic carbocycles. The number of methoxy groups -OCH3 is 1. The minimum absolute atomic E-state index is 0.0459. The number of aromatic nitrogens is 1. The van der Waals surface area contributed by atoms with Gasteiger partial charge in [-0.3, -0.25) is 4.79 Å². The van der Waals surface area contributed by atoms with Gasteiger partial charge in [-0.2, -0.15) is 0 Å². The van der Waals surface area contributed by atoms with Crippen molar-refractivity contribution >= 4 is 16.9 Å². The van der Waals surface area contributed by atoms with E-state index >= 15 is 0 Å². The van der Waals surface area contributed by atoms with Gasteiger partial charge in [0, 0.05) is 11.7 Å². The number of carboxylic acids is 1. The Morgan fingerprint density at radius 3 is 2.50 bits per heavy atom. The summed E-state index contributed by atoms with van der Waals surface area (Å²) in [5.74, 6) is -0.670. The average molecular weight is 275 g/mol. The smallest absolute Gasteiger partial charge is 0.341 e. The van der Waals surface area contributed by atoms with Crippen LogP contribution in [0.4, 0.5) is 0 Å². The molecule has 0 radical (unpaired) electrons. The molecule has 0 unspecified atom stereocenters. The van der Waals surface area contributed by atoms with Crippen molar-refractivity contribution < 1.29 is 14.6 Å². The van der Waals surface area contributed by atoms with Gasteiger partial charge in [-0.15, -0.1) is 0 Å². The minimum Gasteiger partial charge on any atom is -0.497 e. The summed E-state index contributed by atoms with van der Waals surface area (Å²) in [5, 5.41) is 9.66. The minimum atomic E-state index is -1.20. The fourth-order valence-electron chi connectivity index (χ4n) is 2.55. The highest BCUT2D eigenvalue weighted by molar-refractivity contribution is 5.94. The molecule has 0 spiro atoms. The van der Waals surface area contributed by atoms with Crippen LogP contribution in [0.25, 0.3) is 10.9 Å². The number of benzene rings is 1. The van der Waals surface area contributed by atoms with Crippen LogP contribution >= 0.6 is 0 Å². The van der Waals surface area contributed by atoms with E-state index in [9.17, 15) is 14.7 Å². The van der Waals surface area contributed by atoms with Gasteiger partial charge in [0.05, 0.1) is 18.0 Å². The monoisotopic (exact) mass is 275 g/mol. The van der Waals surface area contributed by atoms with Gasteiger partial charge in [-0.1, -0.05) is 0 Å². The predicted molar refractivity (Wildman–Crippen MR) is 76.8 cm³/mol. The summed E-state index contributed by atoms with van der Waals surface area (Å²) in [6.45, 7) is 5.56. The second kappa shape index (κ2) is 5.00. The molecule has 0 aliphatic rings. The van der Waals surface area contributed by atoms with Crippen LogP contribution in [-0.2, 0) is 0 Å². The lowest BCUT2D eigenvalue weighted by molar-refractivity contribution is 0.0694. The van der Waals surface area contributed by atoms with Crippen molar-refractivity contribution in [2.24, 2.45) is 0 Å². The molecule has 0 bridgehead atoms. The first-order valence-corrected chi connectivity index (χ1v) is 6.34. The molecular formula is C15H17NO4. The first-order chi connectivity index (χ1) is 9.38. The molecule has 2 rings (SSSR count). The molecule has 0 fully saturated rings. The van der Waals surface area contributed by atoms with Crippen LogP contribution < -0.4 is 10.2 Å². The molecule has 0 aliphatic carbocycles. The van der Waals surface area contributed by atoms with E-state index in [1.165, 1.54) is 7.11 Å². The van der Waals surface area contributed by atoms with Crippen molar-refractivity contribution in [3.63, 3.8) is 0 Å². The predicted octanol–water partition coefficient (Wildman–Crippen LogP) is 2.60. The molecule has 106 valence electrons. The van der Waals surface area contributed by atoms with Crippen LogP contribution in [0, 0.1) is 6.92 Å². The molecule has 20 heavy (non-hydrogen) atoms. The Morgan fingerprint density at radius 1 is 1.35 bits per heavy atom. The number of pyridine rings is 1. The maximum atomic E-state index is 12.4. The number of carboxylic acid groups (broad SMARTS) is 1. The second-order valence-electron chi connectivity index (χ2n) is 4.94. The molecule has 0 amide bonds. The van der Waals surface area contributed by atoms with E-state index in [0.29, 0.717) is 22.3 Å². The second-order valence-corrected chi connectivity index (χ2v) is 4.94. The Bertz CT molecular complexity index is 744. The van der Waals surface area contributed by atoms with Gasteiger partial charge in [-0.05, 0) is 39.0 Å². The summed E-state index contributed by atoms with van der Waals surface area (Å²) in [6, 6.07) is 5.18. The zero-order valence-electron chi connectivity index (χ0n) is 11.9. The van der Waals surface area contributed by atoms with Crippen molar-refractivity contribution in [3.8, 4) is 5.75 Å². The third-order valence-electron chi connectivity index (χ3n) is 3.39. The Morgan fingerprint density at radius 2 is 2.00 bits per heavy atom. The number of nitrogens with zero attached hydrogens (tertiary/aromatic N) is 1. The van der Waals surface area contributed by atoms with E-state index in [-0.39, 0.29) is 11.6 Å². The van der Waals surface area contributed by atoms with E-state index in [2.05, 4.69) is 0 Å². The van der Waals surface area contributed by atoms with Crippen molar-refractivity contribution in [2.75, 3.05) is 7.11 Å². The fourth-order valence-corrected chi connectivity index (χ4v) is 2.55. The van der Waals surface area contributed by atoms with E-state index in [1.807, 2.05) is 18.4 Å². The number of ether oxygens (including phenoxy) is 1. The number of fused-ring (bicyclic) bond motifs is 1. The molecule has 0 saturated heterocycles. The maximum Gasteiger partial charge on any atom is 0.341 e. The number of carbonyl (C=O) groups is 1. The van der Waals surface area contributed by atoms with E-state index in [0.717, 1.165) is 0 Å². The van der Waals surface area contributed by atoms with Gasteiger partial charge < -0.3 is 14.4 Å². The lowest BCUT2D eigenvalue weighted by atomic mass is 10.1. The largest absolute Gasteiger partial charge is 0.497 e. The number of hydrogen-bond acceptors (Lipinski definition) is 3. The van der Waals surface area contributed by atoms with Crippen molar-refractivity contribution in [1.29, 1.82) is 0 Å². The van der Waals surface area contributed by atoms with Crippen molar-refractivity contribution in [3.05, 3.63) is 39.7 Å². The molecule has 0 atom stereocenters. The topological polar surface area (TPSA) is 68.5 Å². The molecule has 5 heteroatoms. The molecule has 1 heterocycles. The molecule has 0 saturated carbocycles. The summed E-state index contributed by atoms with van der Waals surface area (Å²) in [4.78, 5) is 23.8. The van der Waals surface area contributed by atoms with Gasteiger partial charge in [0.15, 0.2) is 0 Å². The van der Waals surface area contributed by atoms with E-state index in [4.69, 9.17) is 4.74 Å². The molecule has 1 aromatic heterocycles. The van der Waals surface area contributed by atoms with Crippen LogP contribution in [0.5, 0.6) is 5.75 Å². The highest BCUT2D eigenvalue weighted by Crippen LogP contribution is 2.24. The standard InChI is InChI=1S/C15H17NO4/c1-8(2)16-9(3)13(15(18)19)14(17)11-7-10(20-4)5-6-12(11)16/h5-8H,1-4H3,(H,18,19). The molecule has 5 nitrogen and oxygen atoms in total. The van der Waals surface area contributed by atoms with Crippen LogP contribution in [0.3, 0.4) is 0 Å². The Hall–Kier alpha value is -2.30. The third kappa shape index (κ3) is 2.05. The van der Waals surface area contributed by atoms with E-state index in [1.54, 1.807) is 25.1 Å². The highest BCUT2D eigenvalue weighted by atomic mass is 16.5. The van der Waals surface area contributed by atoms with E-state index < -0.39 is 11.4 Å². The summed E-state index contributed by atoms with van der Waals surface area (Å²) >= 11 is 0. The van der Waals surface area contributed by atoms with Gasteiger partial charge >= 0.3 is 5.97 Å². The van der Waals surface area contributed by atoms with Gasteiger partial charge in [-0.25, -0.2) is 4.79 Å². The average Bonchev–Trinajstić information content (AvgIpc) is 2.37. The zero-order valence-corrected chi connectivity index (χ0v) is 11.9. The molecule has 1 N–H and O–H groups in total. The Kier molecular flexibility index (Phi) is 3.53. The SMILES string of the molecule is COc1ccc2c(c1)c(=O)c(C(=O)O)c(C)n2C(C)C. The lowest BCUT2D eigenvalue weighted by Crippen LogP contribution is -2.23. The lowest BCUT2D eigenvalue weighted by Gasteiger charge is -2.20. The third-order valence-corrected chi connectivity index (χ3v) is 3.39. The van der Waals surface area contributed by atoms with Gasteiger partial charge in [0.1, 0.15) is 11.3 Å². The highest BCUT2D eigenvalue weighted by Gasteiger charge is 2.20.